The zero-order valence-electron chi connectivity index (χ0n) is 31.0. The van der Waals surface area contributed by atoms with Gasteiger partial charge >= 0.3 is 18.2 Å². The molecule has 12 nitrogen and oxygen atoms in total. The van der Waals surface area contributed by atoms with Gasteiger partial charge in [0.15, 0.2) is 12.2 Å². The molecule has 286 valence electrons. The van der Waals surface area contributed by atoms with Gasteiger partial charge in [-0.25, -0.2) is 9.59 Å². The maximum atomic E-state index is 14.3. The fourth-order valence-electron chi connectivity index (χ4n) is 9.62. The number of amides is 2. The molecule has 0 heterocycles. The van der Waals surface area contributed by atoms with Gasteiger partial charge in [0.25, 0.3) is 0 Å². The molecular weight excluding hydrogens is 690 g/mol. The summed E-state index contributed by atoms with van der Waals surface area (Å²) in [5.41, 5.74) is -0.633. The topological polar surface area (TPSA) is 173 Å². The summed E-state index contributed by atoms with van der Waals surface area (Å²) in [6.45, 7) is 11.0. The second-order valence-electron chi connectivity index (χ2n) is 15.5. The van der Waals surface area contributed by atoms with Crippen molar-refractivity contribution in [2.75, 3.05) is 25.0 Å². The Hall–Kier alpha value is -3.61. The van der Waals surface area contributed by atoms with Crippen molar-refractivity contribution in [3.8, 4) is 0 Å². The van der Waals surface area contributed by atoms with Crippen molar-refractivity contribution in [2.24, 2.45) is 28.6 Å². The zero-order chi connectivity index (χ0) is 38.1. The number of esters is 1. The quantitative estimate of drug-likeness (QED) is 0.0614. The molecule has 1 aromatic carbocycles. The Bertz CT molecular complexity index is 1580. The van der Waals surface area contributed by atoms with Gasteiger partial charge in [-0.05, 0) is 69.1 Å². The molecule has 0 aliphatic heterocycles. The molecule has 52 heavy (non-hydrogen) atoms. The summed E-state index contributed by atoms with van der Waals surface area (Å²) in [6.07, 6.45) is 4.01. The minimum atomic E-state index is -1.67. The minimum absolute atomic E-state index is 0.0101. The number of hydrogen-bond acceptors (Lipinski definition) is 10. The molecule has 2 amide bonds. The summed E-state index contributed by atoms with van der Waals surface area (Å²) in [5.74, 6) is -2.02. The number of aliphatic hydroxyl groups is 2. The first-order valence-electron chi connectivity index (χ1n) is 18.4. The molecule has 3 fully saturated rings. The van der Waals surface area contributed by atoms with Crippen LogP contribution in [0.4, 0.5) is 15.3 Å². The van der Waals surface area contributed by atoms with Crippen LogP contribution < -0.4 is 16.0 Å². The first-order chi connectivity index (χ1) is 24.5. The number of anilines is 1. The van der Waals surface area contributed by atoms with E-state index in [1.165, 1.54) is 0 Å². The molecule has 0 aromatic heterocycles. The highest BCUT2D eigenvalue weighted by molar-refractivity contribution is 6.26. The van der Waals surface area contributed by atoms with Gasteiger partial charge in [0.2, 0.25) is 5.78 Å². The maximum Gasteiger partial charge on any atom is 0.407 e. The molecule has 2 unspecified atom stereocenters. The third kappa shape index (κ3) is 7.06. The maximum absolute atomic E-state index is 14.3. The van der Waals surface area contributed by atoms with E-state index in [0.29, 0.717) is 25.3 Å². The molecule has 5 N–H and O–H groups in total. The Morgan fingerprint density at radius 3 is 2.29 bits per heavy atom. The van der Waals surface area contributed by atoms with Crippen LogP contribution in [0.1, 0.15) is 79.2 Å². The van der Waals surface area contributed by atoms with E-state index in [1.807, 2.05) is 71.0 Å². The Kier molecular flexibility index (Phi) is 11.7. The van der Waals surface area contributed by atoms with Crippen LogP contribution in [0.15, 0.2) is 48.1 Å². The average molecular weight is 744 g/mol. The first kappa shape index (κ1) is 39.6. The second-order valence-corrected chi connectivity index (χ2v) is 16.2. The van der Waals surface area contributed by atoms with E-state index >= 15 is 0 Å². The molecule has 4 aliphatic carbocycles. The van der Waals surface area contributed by atoms with Gasteiger partial charge in [-0.15, -0.1) is 11.6 Å². The van der Waals surface area contributed by atoms with Crippen LogP contribution in [0.25, 0.3) is 0 Å². The highest BCUT2D eigenvalue weighted by Crippen LogP contribution is 2.72. The molecule has 4 aliphatic rings. The molecule has 0 saturated heterocycles. The van der Waals surface area contributed by atoms with Gasteiger partial charge in [-0.1, -0.05) is 63.6 Å². The number of ketones is 1. The van der Waals surface area contributed by atoms with Crippen LogP contribution in [-0.4, -0.2) is 82.6 Å². The van der Waals surface area contributed by atoms with E-state index in [2.05, 4.69) is 16.0 Å². The molecular formula is C39H54ClN3O9. The predicted molar refractivity (Wildman–Crippen MR) is 196 cm³/mol. The molecule has 3 saturated carbocycles. The number of carbonyl (C=O) groups excluding carboxylic acids is 4. The summed E-state index contributed by atoms with van der Waals surface area (Å²) >= 11 is 7.59. The van der Waals surface area contributed by atoms with Crippen molar-refractivity contribution in [2.45, 2.75) is 109 Å². The molecule has 0 radical (unpaired) electrons. The molecule has 9 atom stereocenters. The predicted octanol–water partition coefficient (Wildman–Crippen LogP) is 5.40. The van der Waals surface area contributed by atoms with Crippen LogP contribution in [0, 0.1) is 28.6 Å². The van der Waals surface area contributed by atoms with Crippen molar-refractivity contribution in [3.63, 3.8) is 0 Å². The van der Waals surface area contributed by atoms with Crippen LogP contribution in [0.2, 0.25) is 0 Å². The van der Waals surface area contributed by atoms with E-state index in [0.717, 1.165) is 16.8 Å². The van der Waals surface area contributed by atoms with E-state index < -0.39 is 70.0 Å². The lowest BCUT2D eigenvalue weighted by molar-refractivity contribution is -0.202. The third-order valence-electron chi connectivity index (χ3n) is 12.0. The number of halogens is 1. The van der Waals surface area contributed by atoms with Crippen LogP contribution in [0.3, 0.4) is 0 Å². The van der Waals surface area contributed by atoms with Crippen molar-refractivity contribution in [1.82, 2.24) is 10.6 Å². The smallest absolute Gasteiger partial charge is 0.407 e. The molecule has 0 bridgehead atoms. The Morgan fingerprint density at radius 2 is 1.65 bits per heavy atom. The van der Waals surface area contributed by atoms with Crippen LogP contribution in [-0.2, 0) is 30.4 Å². The average Bonchev–Trinajstić information content (AvgIpc) is 3.31. The molecule has 1 aromatic rings. The first-order valence-corrected chi connectivity index (χ1v) is 18.8. The summed E-state index contributed by atoms with van der Waals surface area (Å²) in [5, 5.41) is 30.7. The van der Waals surface area contributed by atoms with Crippen molar-refractivity contribution >= 4 is 41.2 Å². The lowest BCUT2D eigenvalue weighted by Crippen LogP contribution is -2.69. The summed E-state index contributed by atoms with van der Waals surface area (Å²) in [4.78, 5) is 51.1. The van der Waals surface area contributed by atoms with Gasteiger partial charge in [0.1, 0.15) is 6.61 Å². The van der Waals surface area contributed by atoms with E-state index in [4.69, 9.17) is 25.8 Å². The number of benzene rings is 1. The van der Waals surface area contributed by atoms with E-state index in [1.54, 1.807) is 13.0 Å². The standard InChI is InChI=1S/C39H54ClN3O9/c1-7-33(47)52-39(32(46)22-51-35(49)42-17-16-41-34(48)50-21-25-8-11-27(12-9-25)43-23(2)3)24(4)18-30-29-13-10-26-19-28(44)14-15-36(26,5)38(29,40)31(45)20-37(30,39)6/h8-9,11-12,14-15,19,23-24,28-31,43-45H,7,10,13,16-18,20-22H2,1-6H3,(H,41,48)(H,42,49)/t24-,28?,29-,30?,31-,36-,37-,38-,39-/m0/s1. The lowest BCUT2D eigenvalue weighted by atomic mass is 9.45. The number of alkyl halides is 1. The monoisotopic (exact) mass is 743 g/mol. The number of aliphatic hydroxyl groups excluding tert-OH is 2. The Balaban J connectivity index is 1.19. The fraction of sp³-hybridized carbons (Fsp3) is 0.641. The van der Waals surface area contributed by atoms with Crippen LogP contribution in [0.5, 0.6) is 0 Å². The normalized spacial score (nSPS) is 34.6. The fourth-order valence-corrected chi connectivity index (χ4v) is 10.1. The Labute approximate surface area is 311 Å². The largest absolute Gasteiger partial charge is 0.450 e. The summed E-state index contributed by atoms with van der Waals surface area (Å²) in [6, 6.07) is 7.84. The van der Waals surface area contributed by atoms with Crippen LogP contribution >= 0.6 is 11.6 Å². The number of rotatable bonds is 12. The minimum Gasteiger partial charge on any atom is -0.450 e. The number of nitrogens with one attached hydrogen (secondary N) is 3. The second kappa shape index (κ2) is 15.4. The van der Waals surface area contributed by atoms with Gasteiger partial charge in [0, 0.05) is 48.0 Å². The summed E-state index contributed by atoms with van der Waals surface area (Å²) < 4.78 is 16.8. The van der Waals surface area contributed by atoms with E-state index in [-0.39, 0.29) is 44.4 Å². The number of alkyl carbamates (subject to hydrolysis) is 2. The third-order valence-corrected chi connectivity index (χ3v) is 13.0. The van der Waals surface area contributed by atoms with Crippen molar-refractivity contribution < 1.29 is 43.6 Å². The number of fused-ring (bicyclic) bond motifs is 5. The Morgan fingerprint density at radius 1 is 1.00 bits per heavy atom. The molecule has 13 heteroatoms. The van der Waals surface area contributed by atoms with E-state index in [9.17, 15) is 29.4 Å². The number of ether oxygens (including phenoxy) is 3. The lowest BCUT2D eigenvalue weighted by Gasteiger charge is -2.64. The van der Waals surface area contributed by atoms with Gasteiger partial charge in [0.05, 0.1) is 17.1 Å². The van der Waals surface area contributed by atoms with Gasteiger partial charge < -0.3 is 40.4 Å². The number of carbonyl (C=O) groups is 4. The van der Waals surface area contributed by atoms with Gasteiger partial charge in [-0.2, -0.15) is 0 Å². The van der Waals surface area contributed by atoms with Gasteiger partial charge in [-0.3, -0.25) is 9.59 Å². The highest BCUT2D eigenvalue weighted by atomic mass is 35.5. The molecule has 0 spiro atoms. The highest BCUT2D eigenvalue weighted by Gasteiger charge is 2.76. The number of hydrogen-bond donors (Lipinski definition) is 5. The molecule has 5 rings (SSSR count). The number of Topliss-reactive ketones (excluding diaryl/α,β-unsaturated/α-hetero) is 1. The SMILES string of the molecule is CCC(=O)O[C@]1(C(=O)COC(=O)NCCNC(=O)OCc2ccc(NC(C)C)cc2)[C@@H](C)CC2[C@@H]3CCC4=CC(O)C=C[C@]4(C)[C@@]3(Cl)[C@@H](O)C[C@@]21C. The summed E-state index contributed by atoms with van der Waals surface area (Å²) in [7, 11) is 0. The number of allylic oxidation sites excluding steroid dienone is 2. The zero-order valence-corrected chi connectivity index (χ0v) is 31.8. The van der Waals surface area contributed by atoms with Crippen molar-refractivity contribution in [3.05, 3.63) is 53.6 Å². The van der Waals surface area contributed by atoms with Crippen molar-refractivity contribution in [1.29, 1.82) is 0 Å².